The molecule has 0 aromatic heterocycles. The molecular weight excluding hydrogens is 280 g/mol. The molecule has 0 saturated heterocycles. The highest BCUT2D eigenvalue weighted by molar-refractivity contribution is 6.31. The second kappa shape index (κ2) is 7.26. The summed E-state index contributed by atoms with van der Waals surface area (Å²) in [6.07, 6.45) is 1.06. The SMILES string of the molecule is CCc1ccc(C(C)NCc2ccc(C#N)cc2Cl)cc1. The molecule has 0 radical (unpaired) electrons. The molecule has 2 aromatic rings. The van der Waals surface area contributed by atoms with Crippen LogP contribution in [-0.2, 0) is 13.0 Å². The van der Waals surface area contributed by atoms with Crippen molar-refractivity contribution < 1.29 is 0 Å². The lowest BCUT2D eigenvalue weighted by molar-refractivity contribution is 0.574. The maximum atomic E-state index is 8.84. The van der Waals surface area contributed by atoms with E-state index < -0.39 is 0 Å². The van der Waals surface area contributed by atoms with Gasteiger partial charge in [0.1, 0.15) is 0 Å². The van der Waals surface area contributed by atoms with Crippen molar-refractivity contribution in [3.63, 3.8) is 0 Å². The van der Waals surface area contributed by atoms with Crippen LogP contribution >= 0.6 is 11.6 Å². The van der Waals surface area contributed by atoms with Gasteiger partial charge in [0.25, 0.3) is 0 Å². The Balaban J connectivity index is 2.00. The second-order valence-electron chi connectivity index (χ2n) is 5.12. The molecule has 21 heavy (non-hydrogen) atoms. The molecule has 0 saturated carbocycles. The Bertz CT molecular complexity index is 641. The molecule has 0 amide bonds. The first-order valence-corrected chi connectivity index (χ1v) is 7.52. The molecule has 0 fully saturated rings. The highest BCUT2D eigenvalue weighted by Crippen LogP contribution is 2.19. The highest BCUT2D eigenvalue weighted by Gasteiger charge is 2.07. The van der Waals surface area contributed by atoms with Crippen LogP contribution in [0.5, 0.6) is 0 Å². The van der Waals surface area contributed by atoms with Gasteiger partial charge >= 0.3 is 0 Å². The molecule has 1 atom stereocenters. The summed E-state index contributed by atoms with van der Waals surface area (Å²) in [7, 11) is 0. The van der Waals surface area contributed by atoms with Gasteiger partial charge in [0, 0.05) is 17.6 Å². The quantitative estimate of drug-likeness (QED) is 0.874. The van der Waals surface area contributed by atoms with Gasteiger partial charge in [-0.2, -0.15) is 5.26 Å². The third-order valence-electron chi connectivity index (χ3n) is 3.67. The number of nitrogens with zero attached hydrogens (tertiary/aromatic N) is 1. The Morgan fingerprint density at radius 1 is 1.19 bits per heavy atom. The van der Waals surface area contributed by atoms with Crippen molar-refractivity contribution in [2.45, 2.75) is 32.9 Å². The summed E-state index contributed by atoms with van der Waals surface area (Å²) in [6, 6.07) is 16.4. The fourth-order valence-corrected chi connectivity index (χ4v) is 2.43. The van der Waals surface area contributed by atoms with Crippen molar-refractivity contribution in [2.24, 2.45) is 0 Å². The zero-order chi connectivity index (χ0) is 15.2. The van der Waals surface area contributed by atoms with E-state index in [1.165, 1.54) is 11.1 Å². The van der Waals surface area contributed by atoms with E-state index in [-0.39, 0.29) is 6.04 Å². The Morgan fingerprint density at radius 2 is 1.90 bits per heavy atom. The van der Waals surface area contributed by atoms with Gasteiger partial charge in [-0.15, -0.1) is 0 Å². The summed E-state index contributed by atoms with van der Waals surface area (Å²) in [6.45, 7) is 4.98. The van der Waals surface area contributed by atoms with Crippen LogP contribution in [0.2, 0.25) is 5.02 Å². The fourth-order valence-electron chi connectivity index (χ4n) is 2.18. The number of halogens is 1. The summed E-state index contributed by atoms with van der Waals surface area (Å²) in [5.74, 6) is 0. The predicted octanol–water partition coefficient (Wildman–Crippen LogP) is 4.62. The molecule has 1 unspecified atom stereocenters. The molecule has 0 spiro atoms. The highest BCUT2D eigenvalue weighted by atomic mass is 35.5. The zero-order valence-corrected chi connectivity index (χ0v) is 13.1. The van der Waals surface area contributed by atoms with Gasteiger partial charge in [0.2, 0.25) is 0 Å². The molecule has 3 heteroatoms. The van der Waals surface area contributed by atoms with Crippen molar-refractivity contribution in [1.29, 1.82) is 5.26 Å². The lowest BCUT2D eigenvalue weighted by atomic mass is 10.0. The van der Waals surface area contributed by atoms with E-state index in [1.54, 1.807) is 12.1 Å². The summed E-state index contributed by atoms with van der Waals surface area (Å²) in [5.41, 5.74) is 4.21. The van der Waals surface area contributed by atoms with Crippen LogP contribution in [0.25, 0.3) is 0 Å². The van der Waals surface area contributed by atoms with Crippen LogP contribution in [0.3, 0.4) is 0 Å². The standard InChI is InChI=1S/C18H19ClN2/c1-3-14-4-7-16(8-5-14)13(2)21-12-17-9-6-15(11-20)10-18(17)19/h4-10,13,21H,3,12H2,1-2H3. The Kier molecular flexibility index (Phi) is 5.38. The average molecular weight is 299 g/mol. The maximum absolute atomic E-state index is 8.84. The van der Waals surface area contributed by atoms with Crippen LogP contribution < -0.4 is 5.32 Å². The lowest BCUT2D eigenvalue weighted by Gasteiger charge is -2.15. The van der Waals surface area contributed by atoms with Crippen LogP contribution in [0, 0.1) is 11.3 Å². The summed E-state index contributed by atoms with van der Waals surface area (Å²) in [5, 5.41) is 12.9. The van der Waals surface area contributed by atoms with Gasteiger partial charge in [0.15, 0.2) is 0 Å². The minimum absolute atomic E-state index is 0.252. The van der Waals surface area contributed by atoms with E-state index >= 15 is 0 Å². The molecule has 2 nitrogen and oxygen atoms in total. The number of benzene rings is 2. The van der Waals surface area contributed by atoms with Gasteiger partial charge in [-0.3, -0.25) is 0 Å². The molecule has 0 aliphatic heterocycles. The largest absolute Gasteiger partial charge is 0.306 e. The van der Waals surface area contributed by atoms with Crippen molar-refractivity contribution in [3.05, 3.63) is 69.7 Å². The zero-order valence-electron chi connectivity index (χ0n) is 12.4. The van der Waals surface area contributed by atoms with Crippen LogP contribution in [0.4, 0.5) is 0 Å². The summed E-state index contributed by atoms with van der Waals surface area (Å²) < 4.78 is 0. The predicted molar refractivity (Wildman–Crippen MR) is 87.2 cm³/mol. The molecule has 0 heterocycles. The van der Waals surface area contributed by atoms with Crippen molar-refractivity contribution in [2.75, 3.05) is 0 Å². The third kappa shape index (κ3) is 4.07. The average Bonchev–Trinajstić information content (AvgIpc) is 2.53. The minimum atomic E-state index is 0.252. The van der Waals surface area contributed by atoms with Gasteiger partial charge < -0.3 is 5.32 Å². The molecule has 0 bridgehead atoms. The number of hydrogen-bond donors (Lipinski definition) is 1. The van der Waals surface area contributed by atoms with Crippen LogP contribution in [-0.4, -0.2) is 0 Å². The van der Waals surface area contributed by atoms with Crippen molar-refractivity contribution >= 4 is 11.6 Å². The number of nitrogens with one attached hydrogen (secondary N) is 1. The van der Waals surface area contributed by atoms with Crippen LogP contribution in [0.15, 0.2) is 42.5 Å². The second-order valence-corrected chi connectivity index (χ2v) is 5.52. The number of hydrogen-bond acceptors (Lipinski definition) is 2. The molecule has 2 rings (SSSR count). The number of aryl methyl sites for hydroxylation is 1. The van der Waals surface area contributed by atoms with Crippen LogP contribution in [0.1, 0.15) is 42.1 Å². The minimum Gasteiger partial charge on any atom is -0.306 e. The summed E-state index contributed by atoms with van der Waals surface area (Å²) >= 11 is 6.19. The molecule has 108 valence electrons. The van der Waals surface area contributed by atoms with Gasteiger partial charge in [-0.25, -0.2) is 0 Å². The first-order valence-electron chi connectivity index (χ1n) is 7.14. The Hall–Kier alpha value is -1.82. The van der Waals surface area contributed by atoms with Crippen molar-refractivity contribution in [3.8, 4) is 6.07 Å². The van der Waals surface area contributed by atoms with E-state index in [0.717, 1.165) is 12.0 Å². The third-order valence-corrected chi connectivity index (χ3v) is 4.02. The van der Waals surface area contributed by atoms with E-state index in [4.69, 9.17) is 16.9 Å². The number of rotatable bonds is 5. The Labute approximate surface area is 131 Å². The van der Waals surface area contributed by atoms with E-state index in [0.29, 0.717) is 17.1 Å². The van der Waals surface area contributed by atoms with E-state index in [9.17, 15) is 0 Å². The van der Waals surface area contributed by atoms with Gasteiger partial charge in [-0.1, -0.05) is 48.9 Å². The van der Waals surface area contributed by atoms with Gasteiger partial charge in [-0.05, 0) is 42.2 Å². The first kappa shape index (κ1) is 15.6. The normalized spacial score (nSPS) is 11.9. The molecule has 0 aliphatic rings. The van der Waals surface area contributed by atoms with E-state index in [1.807, 2.05) is 6.07 Å². The molecular formula is C18H19ClN2. The maximum Gasteiger partial charge on any atom is 0.0992 e. The molecule has 0 aliphatic carbocycles. The van der Waals surface area contributed by atoms with Crippen molar-refractivity contribution in [1.82, 2.24) is 5.32 Å². The van der Waals surface area contributed by atoms with E-state index in [2.05, 4.69) is 49.5 Å². The first-order chi connectivity index (χ1) is 10.1. The Morgan fingerprint density at radius 3 is 2.48 bits per heavy atom. The smallest absolute Gasteiger partial charge is 0.0992 e. The fraction of sp³-hybridized carbons (Fsp3) is 0.278. The molecule has 1 N–H and O–H groups in total. The van der Waals surface area contributed by atoms with Gasteiger partial charge in [0.05, 0.1) is 11.6 Å². The lowest BCUT2D eigenvalue weighted by Crippen LogP contribution is -2.18. The topological polar surface area (TPSA) is 35.8 Å². The number of nitriles is 1. The molecule has 2 aromatic carbocycles. The summed E-state index contributed by atoms with van der Waals surface area (Å²) in [4.78, 5) is 0. The monoisotopic (exact) mass is 298 g/mol.